The summed E-state index contributed by atoms with van der Waals surface area (Å²) < 4.78 is 27.3. The highest BCUT2D eigenvalue weighted by atomic mass is 32.2. The number of hydrogen-bond acceptors (Lipinski definition) is 3. The fourth-order valence-corrected chi connectivity index (χ4v) is 4.72. The Hall–Kier alpha value is -0.130. The molecule has 1 heterocycles. The zero-order valence-corrected chi connectivity index (χ0v) is 10.8. The summed E-state index contributed by atoms with van der Waals surface area (Å²) >= 11 is 0. The lowest BCUT2D eigenvalue weighted by molar-refractivity contribution is 0.306. The van der Waals surface area contributed by atoms with Crippen LogP contribution in [0.2, 0.25) is 0 Å². The van der Waals surface area contributed by atoms with Gasteiger partial charge in [-0.25, -0.2) is 13.1 Å². The first-order valence-electron chi connectivity index (χ1n) is 6.25. The molecule has 1 saturated carbocycles. The molecule has 0 atom stereocenters. The predicted octanol–water partition coefficient (Wildman–Crippen LogP) is 0.990. The monoisotopic (exact) mass is 246 g/mol. The van der Waals surface area contributed by atoms with Crippen molar-refractivity contribution in [1.29, 1.82) is 0 Å². The average Bonchev–Trinajstić information content (AvgIpc) is 2.70. The second-order valence-corrected chi connectivity index (χ2v) is 7.33. The van der Waals surface area contributed by atoms with Crippen LogP contribution in [0.25, 0.3) is 0 Å². The topological polar surface area (TPSA) is 58.2 Å². The normalized spacial score (nSPS) is 27.1. The van der Waals surface area contributed by atoms with Crippen molar-refractivity contribution in [3.63, 3.8) is 0 Å². The molecule has 2 N–H and O–H groups in total. The van der Waals surface area contributed by atoms with Gasteiger partial charge in [0.25, 0.3) is 0 Å². The fraction of sp³-hybridized carbons (Fsp3) is 1.00. The molecular weight excluding hydrogens is 224 g/mol. The van der Waals surface area contributed by atoms with Crippen molar-refractivity contribution in [2.24, 2.45) is 0 Å². The Labute approximate surface area is 98.2 Å². The second kappa shape index (κ2) is 4.63. The van der Waals surface area contributed by atoms with E-state index < -0.39 is 10.0 Å². The minimum Gasteiger partial charge on any atom is -0.317 e. The highest BCUT2D eigenvalue weighted by Crippen LogP contribution is 2.27. The quantitative estimate of drug-likeness (QED) is 0.781. The highest BCUT2D eigenvalue weighted by molar-refractivity contribution is 7.90. The molecule has 0 unspecified atom stereocenters. The molecule has 94 valence electrons. The Balaban J connectivity index is 2.01. The third-order valence-corrected chi connectivity index (χ3v) is 5.96. The molecule has 0 amide bonds. The minimum atomic E-state index is -3.10. The Bertz CT molecular complexity index is 328. The van der Waals surface area contributed by atoms with Crippen LogP contribution in [-0.2, 0) is 10.0 Å². The third-order valence-electron chi connectivity index (χ3n) is 3.84. The SMILES string of the molecule is CC1(NS(=O)(=O)C2CCCC2)CCNCC1. The maximum atomic E-state index is 12.2. The van der Waals surface area contributed by atoms with Crippen LogP contribution in [0.3, 0.4) is 0 Å². The van der Waals surface area contributed by atoms with E-state index in [4.69, 9.17) is 0 Å². The van der Waals surface area contributed by atoms with Gasteiger partial charge in [0.2, 0.25) is 10.0 Å². The molecule has 2 aliphatic rings. The maximum Gasteiger partial charge on any atom is 0.214 e. The first-order chi connectivity index (χ1) is 7.52. The molecule has 0 spiro atoms. The highest BCUT2D eigenvalue weighted by Gasteiger charge is 2.36. The van der Waals surface area contributed by atoms with Crippen LogP contribution in [0.15, 0.2) is 0 Å². The van der Waals surface area contributed by atoms with Crippen LogP contribution in [0.1, 0.15) is 45.4 Å². The maximum absolute atomic E-state index is 12.2. The van der Waals surface area contributed by atoms with Gasteiger partial charge < -0.3 is 5.32 Å². The van der Waals surface area contributed by atoms with E-state index in [9.17, 15) is 8.42 Å². The van der Waals surface area contributed by atoms with Gasteiger partial charge in [0, 0.05) is 5.54 Å². The van der Waals surface area contributed by atoms with Gasteiger partial charge in [0.15, 0.2) is 0 Å². The van der Waals surface area contributed by atoms with Crippen molar-refractivity contribution in [1.82, 2.24) is 10.0 Å². The average molecular weight is 246 g/mol. The Kier molecular flexibility index (Phi) is 3.56. The van der Waals surface area contributed by atoms with E-state index in [2.05, 4.69) is 10.0 Å². The molecule has 0 bridgehead atoms. The molecule has 1 aliphatic heterocycles. The minimum absolute atomic E-state index is 0.140. The molecule has 1 aliphatic carbocycles. The van der Waals surface area contributed by atoms with Crippen LogP contribution < -0.4 is 10.0 Å². The van der Waals surface area contributed by atoms with Gasteiger partial charge in [-0.3, -0.25) is 0 Å². The van der Waals surface area contributed by atoms with Gasteiger partial charge >= 0.3 is 0 Å². The molecular formula is C11H22N2O2S. The van der Waals surface area contributed by atoms with E-state index in [0.29, 0.717) is 0 Å². The van der Waals surface area contributed by atoms with Crippen LogP contribution in [0, 0.1) is 0 Å². The van der Waals surface area contributed by atoms with Gasteiger partial charge in [-0.15, -0.1) is 0 Å². The molecule has 4 nitrogen and oxygen atoms in total. The van der Waals surface area contributed by atoms with E-state index in [0.717, 1.165) is 51.6 Å². The summed E-state index contributed by atoms with van der Waals surface area (Å²) in [7, 11) is -3.10. The molecule has 0 aromatic rings. The zero-order valence-electron chi connectivity index (χ0n) is 9.96. The number of hydrogen-bond donors (Lipinski definition) is 2. The summed E-state index contributed by atoms with van der Waals surface area (Å²) in [6.07, 6.45) is 5.57. The lowest BCUT2D eigenvalue weighted by atomic mass is 9.92. The summed E-state index contributed by atoms with van der Waals surface area (Å²) in [5, 5.41) is 3.12. The van der Waals surface area contributed by atoms with Gasteiger partial charge in [-0.2, -0.15) is 0 Å². The van der Waals surface area contributed by atoms with E-state index >= 15 is 0 Å². The first kappa shape index (κ1) is 12.3. The number of sulfonamides is 1. The Morgan fingerprint density at radius 3 is 2.31 bits per heavy atom. The molecule has 2 rings (SSSR count). The van der Waals surface area contributed by atoms with Gasteiger partial charge in [0.05, 0.1) is 5.25 Å². The summed E-state index contributed by atoms with van der Waals surface area (Å²) in [6.45, 7) is 3.84. The van der Waals surface area contributed by atoms with Crippen LogP contribution in [0.5, 0.6) is 0 Å². The Morgan fingerprint density at radius 1 is 1.19 bits per heavy atom. The van der Waals surface area contributed by atoms with Gasteiger partial charge in [-0.05, 0) is 45.7 Å². The molecule has 5 heteroatoms. The summed E-state index contributed by atoms with van der Waals surface area (Å²) in [5.41, 5.74) is -0.229. The molecule has 0 aromatic heterocycles. The molecule has 2 fully saturated rings. The first-order valence-corrected chi connectivity index (χ1v) is 7.80. The largest absolute Gasteiger partial charge is 0.317 e. The standard InChI is InChI=1S/C11H22N2O2S/c1-11(6-8-12-9-7-11)13-16(14,15)10-4-2-3-5-10/h10,12-13H,2-9H2,1H3. The molecule has 0 radical (unpaired) electrons. The van der Waals surface area contributed by atoms with Crippen molar-refractivity contribution in [2.45, 2.75) is 56.2 Å². The summed E-state index contributed by atoms with van der Waals surface area (Å²) in [4.78, 5) is 0. The van der Waals surface area contributed by atoms with E-state index in [1.807, 2.05) is 6.92 Å². The number of nitrogens with one attached hydrogen (secondary N) is 2. The lowest BCUT2D eigenvalue weighted by Gasteiger charge is -2.35. The molecule has 16 heavy (non-hydrogen) atoms. The van der Waals surface area contributed by atoms with Crippen LogP contribution >= 0.6 is 0 Å². The van der Waals surface area contributed by atoms with Crippen molar-refractivity contribution in [2.75, 3.05) is 13.1 Å². The van der Waals surface area contributed by atoms with Crippen LogP contribution in [-0.4, -0.2) is 32.3 Å². The number of rotatable bonds is 3. The van der Waals surface area contributed by atoms with E-state index in [1.54, 1.807) is 0 Å². The van der Waals surface area contributed by atoms with Crippen molar-refractivity contribution in [3.05, 3.63) is 0 Å². The van der Waals surface area contributed by atoms with E-state index in [1.165, 1.54) is 0 Å². The number of piperidine rings is 1. The second-order valence-electron chi connectivity index (χ2n) is 5.36. The van der Waals surface area contributed by atoms with E-state index in [-0.39, 0.29) is 10.8 Å². The van der Waals surface area contributed by atoms with Crippen LogP contribution in [0.4, 0.5) is 0 Å². The molecule has 1 saturated heterocycles. The molecule has 0 aromatic carbocycles. The summed E-state index contributed by atoms with van der Waals surface area (Å²) in [5.74, 6) is 0. The van der Waals surface area contributed by atoms with Gasteiger partial charge in [0.1, 0.15) is 0 Å². The van der Waals surface area contributed by atoms with Crippen molar-refractivity contribution >= 4 is 10.0 Å². The summed E-state index contributed by atoms with van der Waals surface area (Å²) in [6, 6.07) is 0. The predicted molar refractivity (Wildman–Crippen MR) is 64.8 cm³/mol. The van der Waals surface area contributed by atoms with Crippen molar-refractivity contribution in [3.8, 4) is 0 Å². The fourth-order valence-electron chi connectivity index (χ4n) is 2.71. The third kappa shape index (κ3) is 2.76. The van der Waals surface area contributed by atoms with Crippen molar-refractivity contribution < 1.29 is 8.42 Å². The van der Waals surface area contributed by atoms with Gasteiger partial charge in [-0.1, -0.05) is 12.8 Å². The lowest BCUT2D eigenvalue weighted by Crippen LogP contribution is -2.54. The zero-order chi connectivity index (χ0) is 11.6. The smallest absolute Gasteiger partial charge is 0.214 e. The Morgan fingerprint density at radius 2 is 1.75 bits per heavy atom.